The molecule has 3 rings (SSSR count). The molecule has 0 amide bonds. The van der Waals surface area contributed by atoms with Crippen molar-refractivity contribution < 1.29 is 0 Å². The van der Waals surface area contributed by atoms with Crippen LogP contribution in [0, 0.1) is 6.92 Å². The predicted octanol–water partition coefficient (Wildman–Crippen LogP) is 3.38. The number of fused-ring (bicyclic) bond motifs is 1. The van der Waals surface area contributed by atoms with Crippen LogP contribution in [0.3, 0.4) is 0 Å². The van der Waals surface area contributed by atoms with Crippen LogP contribution in [-0.2, 0) is 0 Å². The summed E-state index contributed by atoms with van der Waals surface area (Å²) in [5, 5.41) is 5.91. The second-order valence-corrected chi connectivity index (χ2v) is 4.36. The van der Waals surface area contributed by atoms with Crippen molar-refractivity contribution in [3.8, 4) is 5.69 Å². The molecule has 1 aromatic carbocycles. The molecule has 0 spiro atoms. The Labute approximate surface area is 104 Å². The Hall–Kier alpha value is -1.87. The first kappa shape index (κ1) is 10.3. The van der Waals surface area contributed by atoms with E-state index < -0.39 is 0 Å². The number of nitrogens with zero attached hydrogens (tertiary/aromatic N) is 3. The Morgan fingerprint density at radius 3 is 2.71 bits per heavy atom. The monoisotopic (exact) mass is 243 g/mol. The summed E-state index contributed by atoms with van der Waals surface area (Å²) in [5.74, 6) is 0. The normalized spacial score (nSPS) is 10.9. The average Bonchev–Trinajstić information content (AvgIpc) is 2.72. The Balaban J connectivity index is 2.14. The van der Waals surface area contributed by atoms with Crippen molar-refractivity contribution in [2.45, 2.75) is 6.92 Å². The van der Waals surface area contributed by atoms with Gasteiger partial charge in [-0.3, -0.25) is 0 Å². The largest absolute Gasteiger partial charge is 0.244 e. The molecule has 0 unspecified atom stereocenters. The zero-order valence-corrected chi connectivity index (χ0v) is 10.0. The fourth-order valence-electron chi connectivity index (χ4n) is 1.72. The number of pyridine rings is 1. The second kappa shape index (κ2) is 3.86. The minimum Gasteiger partial charge on any atom is -0.244 e. The summed E-state index contributed by atoms with van der Waals surface area (Å²) >= 11 is 5.83. The highest BCUT2D eigenvalue weighted by Crippen LogP contribution is 2.17. The van der Waals surface area contributed by atoms with Crippen LogP contribution >= 0.6 is 11.6 Å². The van der Waals surface area contributed by atoms with E-state index in [1.165, 1.54) is 5.56 Å². The second-order valence-electron chi connectivity index (χ2n) is 3.98. The molecule has 4 heteroatoms. The van der Waals surface area contributed by atoms with Gasteiger partial charge in [-0.15, -0.1) is 0 Å². The van der Waals surface area contributed by atoms with Gasteiger partial charge in [0.2, 0.25) is 0 Å². The maximum atomic E-state index is 5.83. The third kappa shape index (κ3) is 1.89. The molecular formula is C13H10ClN3. The van der Waals surface area contributed by atoms with Crippen LogP contribution in [0.2, 0.25) is 5.15 Å². The fourth-order valence-corrected chi connectivity index (χ4v) is 1.88. The van der Waals surface area contributed by atoms with Crippen molar-refractivity contribution in [3.63, 3.8) is 0 Å². The molecule has 3 nitrogen and oxygen atoms in total. The van der Waals surface area contributed by atoms with Gasteiger partial charge in [0.1, 0.15) is 5.15 Å². The van der Waals surface area contributed by atoms with E-state index in [1.54, 1.807) is 12.3 Å². The number of aryl methyl sites for hydroxylation is 1. The molecule has 0 aliphatic carbocycles. The summed E-state index contributed by atoms with van der Waals surface area (Å²) in [6, 6.07) is 9.97. The minimum absolute atomic E-state index is 0.464. The highest BCUT2D eigenvalue weighted by atomic mass is 35.5. The molecule has 0 N–H and O–H groups in total. The van der Waals surface area contributed by atoms with Gasteiger partial charge in [-0.2, -0.15) is 5.10 Å². The first-order valence-corrected chi connectivity index (χ1v) is 5.68. The number of hydrogen-bond acceptors (Lipinski definition) is 2. The van der Waals surface area contributed by atoms with Crippen LogP contribution in [0.25, 0.3) is 16.6 Å². The Bertz CT molecular complexity index is 671. The Morgan fingerprint density at radius 1 is 1.18 bits per heavy atom. The predicted molar refractivity (Wildman–Crippen MR) is 68.6 cm³/mol. The molecule has 2 aromatic heterocycles. The lowest BCUT2D eigenvalue weighted by atomic mass is 10.2. The quantitative estimate of drug-likeness (QED) is 0.614. The lowest BCUT2D eigenvalue weighted by molar-refractivity contribution is 0.896. The van der Waals surface area contributed by atoms with Crippen molar-refractivity contribution in [1.29, 1.82) is 0 Å². The van der Waals surface area contributed by atoms with E-state index in [1.807, 2.05) is 23.0 Å². The number of aromatic nitrogens is 3. The topological polar surface area (TPSA) is 30.7 Å². The van der Waals surface area contributed by atoms with Crippen molar-refractivity contribution in [2.24, 2.45) is 0 Å². The molecular weight excluding hydrogens is 234 g/mol. The molecule has 0 aliphatic heterocycles. The highest BCUT2D eigenvalue weighted by molar-refractivity contribution is 6.29. The van der Waals surface area contributed by atoms with Gasteiger partial charge >= 0.3 is 0 Å². The van der Waals surface area contributed by atoms with Crippen LogP contribution < -0.4 is 0 Å². The van der Waals surface area contributed by atoms with Crippen molar-refractivity contribution in [1.82, 2.24) is 14.8 Å². The maximum absolute atomic E-state index is 5.83. The smallest absolute Gasteiger partial charge is 0.131 e. The standard InChI is InChI=1S/C13H10ClN3/c1-9-2-4-11(5-3-9)17-8-10-7-15-13(14)6-12(10)16-17/h2-8H,1H3. The molecule has 2 heterocycles. The van der Waals surface area contributed by atoms with Gasteiger partial charge in [0.05, 0.1) is 11.2 Å². The van der Waals surface area contributed by atoms with E-state index in [0.717, 1.165) is 16.6 Å². The molecule has 3 aromatic rings. The van der Waals surface area contributed by atoms with Gasteiger partial charge < -0.3 is 0 Å². The van der Waals surface area contributed by atoms with Gasteiger partial charge in [-0.25, -0.2) is 9.67 Å². The zero-order valence-electron chi connectivity index (χ0n) is 9.26. The summed E-state index contributed by atoms with van der Waals surface area (Å²) in [5.41, 5.74) is 3.11. The SMILES string of the molecule is Cc1ccc(-n2cc3cnc(Cl)cc3n2)cc1. The molecule has 17 heavy (non-hydrogen) atoms. The van der Waals surface area contributed by atoms with Gasteiger partial charge in [0.15, 0.2) is 0 Å². The van der Waals surface area contributed by atoms with Gasteiger partial charge in [0, 0.05) is 23.8 Å². The molecule has 0 bridgehead atoms. The van der Waals surface area contributed by atoms with Crippen LogP contribution in [0.4, 0.5) is 0 Å². The third-order valence-corrected chi connectivity index (χ3v) is 2.86. The zero-order chi connectivity index (χ0) is 11.8. The van der Waals surface area contributed by atoms with Crippen molar-refractivity contribution >= 4 is 22.5 Å². The van der Waals surface area contributed by atoms with Crippen LogP contribution in [0.15, 0.2) is 42.7 Å². The summed E-state index contributed by atoms with van der Waals surface area (Å²) in [4.78, 5) is 4.04. The van der Waals surface area contributed by atoms with Gasteiger partial charge in [0.25, 0.3) is 0 Å². The summed E-state index contributed by atoms with van der Waals surface area (Å²) < 4.78 is 1.84. The molecule has 0 fully saturated rings. The van der Waals surface area contributed by atoms with Crippen molar-refractivity contribution in [3.05, 3.63) is 53.4 Å². The lowest BCUT2D eigenvalue weighted by Gasteiger charge is -2.00. The van der Waals surface area contributed by atoms with E-state index in [2.05, 4.69) is 29.1 Å². The number of benzene rings is 1. The first-order valence-electron chi connectivity index (χ1n) is 5.30. The molecule has 0 atom stereocenters. The van der Waals surface area contributed by atoms with E-state index in [-0.39, 0.29) is 0 Å². The molecule has 0 radical (unpaired) electrons. The van der Waals surface area contributed by atoms with Crippen LogP contribution in [0.5, 0.6) is 0 Å². The van der Waals surface area contributed by atoms with Gasteiger partial charge in [-0.05, 0) is 19.1 Å². The van der Waals surface area contributed by atoms with Crippen LogP contribution in [0.1, 0.15) is 5.56 Å². The van der Waals surface area contributed by atoms with E-state index >= 15 is 0 Å². The summed E-state index contributed by atoms with van der Waals surface area (Å²) in [7, 11) is 0. The molecule has 0 saturated heterocycles. The fraction of sp³-hybridized carbons (Fsp3) is 0.0769. The molecule has 0 saturated carbocycles. The van der Waals surface area contributed by atoms with Crippen LogP contribution in [-0.4, -0.2) is 14.8 Å². The van der Waals surface area contributed by atoms with E-state index in [4.69, 9.17) is 11.6 Å². The Kier molecular flexibility index (Phi) is 2.34. The maximum Gasteiger partial charge on any atom is 0.131 e. The summed E-state index contributed by atoms with van der Waals surface area (Å²) in [6.45, 7) is 2.06. The average molecular weight is 244 g/mol. The summed E-state index contributed by atoms with van der Waals surface area (Å²) in [6.07, 6.45) is 3.68. The minimum atomic E-state index is 0.464. The third-order valence-electron chi connectivity index (χ3n) is 2.65. The van der Waals surface area contributed by atoms with E-state index in [9.17, 15) is 0 Å². The lowest BCUT2D eigenvalue weighted by Crippen LogP contribution is -1.93. The Morgan fingerprint density at radius 2 is 1.94 bits per heavy atom. The highest BCUT2D eigenvalue weighted by Gasteiger charge is 2.03. The molecule has 0 aliphatic rings. The first-order chi connectivity index (χ1) is 8.22. The van der Waals surface area contributed by atoms with Crippen molar-refractivity contribution in [2.75, 3.05) is 0 Å². The molecule has 84 valence electrons. The van der Waals surface area contributed by atoms with E-state index in [0.29, 0.717) is 5.15 Å². The number of hydrogen-bond donors (Lipinski definition) is 0. The number of halogens is 1. The van der Waals surface area contributed by atoms with Gasteiger partial charge in [-0.1, -0.05) is 29.3 Å². The number of rotatable bonds is 1.